The highest BCUT2D eigenvalue weighted by atomic mass is 16.5. The lowest BCUT2D eigenvalue weighted by Crippen LogP contribution is -2.34. The van der Waals surface area contributed by atoms with E-state index < -0.39 is 5.97 Å². The molecule has 15 heavy (non-hydrogen) atoms. The molecule has 0 saturated carbocycles. The van der Waals surface area contributed by atoms with Crippen LogP contribution in [0, 0.1) is 0 Å². The third kappa shape index (κ3) is 2.34. The quantitative estimate of drug-likeness (QED) is 0.761. The van der Waals surface area contributed by atoms with Gasteiger partial charge in [-0.05, 0) is 17.7 Å². The molecule has 0 radical (unpaired) electrons. The standard InChI is InChI=1S/C11H13NO3/c13-11(14)9-3-1-8(2-4-9)10-7-15-6-5-12-10/h1-4,10,12H,5-7H2,(H,13,14). The van der Waals surface area contributed by atoms with E-state index in [9.17, 15) is 4.79 Å². The molecule has 0 amide bonds. The maximum atomic E-state index is 10.6. The van der Waals surface area contributed by atoms with Gasteiger partial charge in [-0.1, -0.05) is 12.1 Å². The Morgan fingerprint density at radius 1 is 1.40 bits per heavy atom. The summed E-state index contributed by atoms with van der Waals surface area (Å²) in [5, 5.41) is 12.1. The molecule has 0 spiro atoms. The molecule has 0 bridgehead atoms. The smallest absolute Gasteiger partial charge is 0.335 e. The molecule has 4 heteroatoms. The molecule has 1 fully saturated rings. The van der Waals surface area contributed by atoms with Gasteiger partial charge in [0.1, 0.15) is 0 Å². The van der Waals surface area contributed by atoms with Crippen molar-refractivity contribution in [1.29, 1.82) is 0 Å². The molecule has 1 heterocycles. The zero-order valence-electron chi connectivity index (χ0n) is 8.27. The zero-order valence-corrected chi connectivity index (χ0v) is 8.27. The Labute approximate surface area is 87.9 Å². The monoisotopic (exact) mass is 207 g/mol. The van der Waals surface area contributed by atoms with Crippen LogP contribution in [0.15, 0.2) is 24.3 Å². The van der Waals surface area contributed by atoms with Gasteiger partial charge >= 0.3 is 5.97 Å². The minimum atomic E-state index is -0.894. The highest BCUT2D eigenvalue weighted by Crippen LogP contribution is 2.16. The summed E-state index contributed by atoms with van der Waals surface area (Å²) in [5.74, 6) is -0.894. The molecule has 4 nitrogen and oxygen atoms in total. The van der Waals surface area contributed by atoms with Gasteiger partial charge in [0.15, 0.2) is 0 Å². The second-order valence-corrected chi connectivity index (χ2v) is 3.51. The van der Waals surface area contributed by atoms with Crippen molar-refractivity contribution < 1.29 is 14.6 Å². The minimum absolute atomic E-state index is 0.182. The predicted molar refractivity (Wildman–Crippen MR) is 55.0 cm³/mol. The van der Waals surface area contributed by atoms with Crippen LogP contribution in [0.25, 0.3) is 0 Å². The van der Waals surface area contributed by atoms with Gasteiger partial charge in [0, 0.05) is 6.54 Å². The summed E-state index contributed by atoms with van der Waals surface area (Å²) in [4.78, 5) is 10.6. The van der Waals surface area contributed by atoms with Crippen LogP contribution in [0.4, 0.5) is 0 Å². The molecule has 1 aliphatic heterocycles. The van der Waals surface area contributed by atoms with Crippen LogP contribution in [0.3, 0.4) is 0 Å². The van der Waals surface area contributed by atoms with Crippen LogP contribution in [0.2, 0.25) is 0 Å². The predicted octanol–water partition coefficient (Wildman–Crippen LogP) is 1.05. The van der Waals surface area contributed by atoms with Crippen LogP contribution >= 0.6 is 0 Å². The number of nitrogens with one attached hydrogen (secondary N) is 1. The van der Waals surface area contributed by atoms with Crippen molar-refractivity contribution in [2.75, 3.05) is 19.8 Å². The molecule has 1 saturated heterocycles. The molecule has 1 aliphatic rings. The number of hydrogen-bond donors (Lipinski definition) is 2. The fourth-order valence-corrected chi connectivity index (χ4v) is 1.64. The van der Waals surface area contributed by atoms with Gasteiger partial charge in [0.25, 0.3) is 0 Å². The van der Waals surface area contributed by atoms with Gasteiger partial charge < -0.3 is 15.2 Å². The van der Waals surface area contributed by atoms with Crippen molar-refractivity contribution in [2.24, 2.45) is 0 Å². The number of carboxylic acid groups (broad SMARTS) is 1. The van der Waals surface area contributed by atoms with Crippen LogP contribution in [-0.2, 0) is 4.74 Å². The Morgan fingerprint density at radius 2 is 2.13 bits per heavy atom. The Morgan fingerprint density at radius 3 is 2.67 bits per heavy atom. The number of benzene rings is 1. The second kappa shape index (κ2) is 4.42. The summed E-state index contributed by atoms with van der Waals surface area (Å²) in [6.45, 7) is 2.22. The summed E-state index contributed by atoms with van der Waals surface area (Å²) in [6.07, 6.45) is 0. The molecule has 2 N–H and O–H groups in total. The van der Waals surface area contributed by atoms with E-state index in [4.69, 9.17) is 9.84 Å². The summed E-state index contributed by atoms with van der Waals surface area (Å²) < 4.78 is 5.34. The Hall–Kier alpha value is -1.39. The Bertz CT molecular complexity index is 341. The van der Waals surface area contributed by atoms with Crippen LogP contribution in [0.5, 0.6) is 0 Å². The first-order valence-corrected chi connectivity index (χ1v) is 4.92. The fourth-order valence-electron chi connectivity index (χ4n) is 1.64. The summed E-state index contributed by atoms with van der Waals surface area (Å²) in [6, 6.07) is 7.08. The van der Waals surface area contributed by atoms with E-state index in [-0.39, 0.29) is 6.04 Å². The van der Waals surface area contributed by atoms with E-state index in [1.165, 1.54) is 0 Å². The van der Waals surface area contributed by atoms with E-state index in [1.807, 2.05) is 12.1 Å². The molecule has 1 unspecified atom stereocenters. The van der Waals surface area contributed by atoms with Crippen LogP contribution in [0.1, 0.15) is 22.0 Å². The molecule has 80 valence electrons. The molecule has 0 aliphatic carbocycles. The molecule has 0 aromatic heterocycles. The van der Waals surface area contributed by atoms with Gasteiger partial charge in [-0.25, -0.2) is 4.79 Å². The SMILES string of the molecule is O=C(O)c1ccc(C2COCCN2)cc1. The lowest BCUT2D eigenvalue weighted by Gasteiger charge is -2.24. The first kappa shape index (κ1) is 10.1. The van der Waals surface area contributed by atoms with Crippen molar-refractivity contribution in [1.82, 2.24) is 5.32 Å². The van der Waals surface area contributed by atoms with Crippen molar-refractivity contribution in [3.63, 3.8) is 0 Å². The largest absolute Gasteiger partial charge is 0.478 e. The molecule has 1 aromatic rings. The normalized spacial score (nSPS) is 21.2. The van der Waals surface area contributed by atoms with E-state index in [0.29, 0.717) is 12.2 Å². The number of carbonyl (C=O) groups is 1. The van der Waals surface area contributed by atoms with E-state index in [2.05, 4.69) is 5.32 Å². The van der Waals surface area contributed by atoms with E-state index in [1.54, 1.807) is 12.1 Å². The first-order valence-electron chi connectivity index (χ1n) is 4.92. The molecule has 1 atom stereocenters. The summed E-state index contributed by atoms with van der Waals surface area (Å²) >= 11 is 0. The lowest BCUT2D eigenvalue weighted by molar-refractivity contribution is 0.0696. The number of ether oxygens (including phenoxy) is 1. The van der Waals surface area contributed by atoms with Gasteiger partial charge in [0.2, 0.25) is 0 Å². The van der Waals surface area contributed by atoms with Crippen molar-refractivity contribution in [2.45, 2.75) is 6.04 Å². The van der Waals surface area contributed by atoms with Crippen molar-refractivity contribution >= 4 is 5.97 Å². The average molecular weight is 207 g/mol. The van der Waals surface area contributed by atoms with Crippen molar-refractivity contribution in [3.05, 3.63) is 35.4 Å². The first-order chi connectivity index (χ1) is 7.27. The highest BCUT2D eigenvalue weighted by Gasteiger charge is 2.15. The number of morpholine rings is 1. The number of rotatable bonds is 2. The maximum absolute atomic E-state index is 10.6. The van der Waals surface area contributed by atoms with Crippen molar-refractivity contribution in [3.8, 4) is 0 Å². The molecule has 1 aromatic carbocycles. The topological polar surface area (TPSA) is 58.6 Å². The van der Waals surface area contributed by atoms with Gasteiger partial charge in [-0.15, -0.1) is 0 Å². The second-order valence-electron chi connectivity index (χ2n) is 3.51. The highest BCUT2D eigenvalue weighted by molar-refractivity contribution is 5.87. The van der Waals surface area contributed by atoms with Gasteiger partial charge in [-0.3, -0.25) is 0 Å². The Balaban J connectivity index is 2.11. The van der Waals surface area contributed by atoms with Crippen LogP contribution < -0.4 is 5.32 Å². The fraction of sp³-hybridized carbons (Fsp3) is 0.364. The molecular weight excluding hydrogens is 194 g/mol. The maximum Gasteiger partial charge on any atom is 0.335 e. The number of aromatic carboxylic acids is 1. The molecular formula is C11H13NO3. The minimum Gasteiger partial charge on any atom is -0.478 e. The van der Waals surface area contributed by atoms with E-state index >= 15 is 0 Å². The van der Waals surface area contributed by atoms with Gasteiger partial charge in [-0.2, -0.15) is 0 Å². The average Bonchev–Trinajstić information content (AvgIpc) is 2.30. The van der Waals surface area contributed by atoms with Crippen LogP contribution in [-0.4, -0.2) is 30.8 Å². The number of hydrogen-bond acceptors (Lipinski definition) is 3. The van der Waals surface area contributed by atoms with E-state index in [0.717, 1.165) is 18.7 Å². The lowest BCUT2D eigenvalue weighted by atomic mass is 10.0. The Kier molecular flexibility index (Phi) is 2.99. The van der Waals surface area contributed by atoms with Gasteiger partial charge in [0.05, 0.1) is 24.8 Å². The third-order valence-electron chi connectivity index (χ3n) is 2.48. The summed E-state index contributed by atoms with van der Waals surface area (Å²) in [7, 11) is 0. The summed E-state index contributed by atoms with van der Waals surface area (Å²) in [5.41, 5.74) is 1.38. The third-order valence-corrected chi connectivity index (χ3v) is 2.48. The molecule has 2 rings (SSSR count). The zero-order chi connectivity index (χ0) is 10.7. The number of carboxylic acids is 1.